The number of aliphatic hydroxyl groups is 1. The average Bonchev–Trinajstić information content (AvgIpc) is 2.56. The second-order valence-corrected chi connectivity index (χ2v) is 4.14. The largest absolute Gasteiger partial charge is 0.438 e. The van der Waals surface area contributed by atoms with Gasteiger partial charge in [-0.25, -0.2) is 0 Å². The van der Waals surface area contributed by atoms with Crippen LogP contribution in [0.3, 0.4) is 0 Å². The van der Waals surface area contributed by atoms with Crippen molar-refractivity contribution in [1.29, 1.82) is 0 Å². The fourth-order valence-corrected chi connectivity index (χ4v) is 1.61. The lowest BCUT2D eigenvalue weighted by Gasteiger charge is -2.24. The van der Waals surface area contributed by atoms with E-state index in [2.05, 4.69) is 12.0 Å². The second kappa shape index (κ2) is 5.03. The first-order chi connectivity index (χ1) is 7.39. The molecule has 16 heavy (non-hydrogen) atoms. The highest BCUT2D eigenvalue weighted by Gasteiger charge is 2.56. The monoisotopic (exact) mass is 238 g/mol. The van der Waals surface area contributed by atoms with Gasteiger partial charge in [-0.2, -0.15) is 18.3 Å². The summed E-state index contributed by atoms with van der Waals surface area (Å²) in [6, 6.07) is 0. The molecule has 1 aliphatic rings. The van der Waals surface area contributed by atoms with Crippen molar-refractivity contribution < 1.29 is 18.3 Å². The molecule has 0 aromatic rings. The van der Waals surface area contributed by atoms with Crippen LogP contribution < -0.4 is 5.43 Å². The molecule has 2 N–H and O–H groups in total. The lowest BCUT2D eigenvalue weighted by atomic mass is 10.0. The van der Waals surface area contributed by atoms with Crippen LogP contribution in [0.2, 0.25) is 0 Å². The number of alkyl halides is 3. The molecule has 6 heteroatoms. The van der Waals surface area contributed by atoms with Crippen LogP contribution in [-0.4, -0.2) is 22.7 Å². The van der Waals surface area contributed by atoms with E-state index in [1.807, 2.05) is 0 Å². The van der Waals surface area contributed by atoms with Gasteiger partial charge in [-0.3, -0.25) is 5.43 Å². The van der Waals surface area contributed by atoms with Crippen LogP contribution in [-0.2, 0) is 0 Å². The predicted molar refractivity (Wildman–Crippen MR) is 55.0 cm³/mol. The molecule has 0 bridgehead atoms. The first kappa shape index (κ1) is 13.3. The molecule has 0 fully saturated rings. The molecule has 94 valence electrons. The topological polar surface area (TPSA) is 44.6 Å². The Hall–Kier alpha value is -0.780. The zero-order chi connectivity index (χ0) is 12.2. The molecular weight excluding hydrogens is 221 g/mol. The van der Waals surface area contributed by atoms with Gasteiger partial charge in [-0.1, -0.05) is 26.2 Å². The Morgan fingerprint density at radius 2 is 2.06 bits per heavy atom. The first-order valence-electron chi connectivity index (χ1n) is 5.51. The molecule has 0 aromatic carbocycles. The van der Waals surface area contributed by atoms with Crippen molar-refractivity contribution in [2.45, 2.75) is 57.3 Å². The SMILES string of the molecule is CCCCCCC1=NNC(O)(C(F)(F)F)C1. The summed E-state index contributed by atoms with van der Waals surface area (Å²) in [4.78, 5) is 0. The van der Waals surface area contributed by atoms with Crippen molar-refractivity contribution in [2.75, 3.05) is 0 Å². The number of hydrazone groups is 1. The minimum Gasteiger partial charge on any atom is -0.362 e. The summed E-state index contributed by atoms with van der Waals surface area (Å²) in [5, 5.41) is 12.8. The maximum Gasteiger partial charge on any atom is 0.438 e. The number of nitrogens with zero attached hydrogens (tertiary/aromatic N) is 1. The fourth-order valence-electron chi connectivity index (χ4n) is 1.61. The van der Waals surface area contributed by atoms with Gasteiger partial charge in [0.15, 0.2) is 0 Å². The van der Waals surface area contributed by atoms with Gasteiger partial charge >= 0.3 is 6.18 Å². The molecule has 1 heterocycles. The maximum atomic E-state index is 12.4. The molecule has 0 aromatic heterocycles. The van der Waals surface area contributed by atoms with Gasteiger partial charge in [0, 0.05) is 12.1 Å². The third-order valence-corrected chi connectivity index (χ3v) is 2.65. The van der Waals surface area contributed by atoms with E-state index in [4.69, 9.17) is 0 Å². The summed E-state index contributed by atoms with van der Waals surface area (Å²) in [6.07, 6.45) is -0.653. The Morgan fingerprint density at radius 1 is 1.38 bits per heavy atom. The van der Waals surface area contributed by atoms with Crippen molar-refractivity contribution >= 4 is 5.71 Å². The molecule has 0 amide bonds. The number of nitrogens with one attached hydrogen (secondary N) is 1. The van der Waals surface area contributed by atoms with Crippen LogP contribution in [0.4, 0.5) is 13.2 Å². The Kier molecular flexibility index (Phi) is 4.18. The molecule has 0 spiro atoms. The van der Waals surface area contributed by atoms with E-state index in [0.29, 0.717) is 12.1 Å². The van der Waals surface area contributed by atoms with Gasteiger partial charge < -0.3 is 5.11 Å². The molecule has 3 nitrogen and oxygen atoms in total. The highest BCUT2D eigenvalue weighted by atomic mass is 19.4. The summed E-state index contributed by atoms with van der Waals surface area (Å²) in [6.45, 7) is 2.07. The molecule has 0 aliphatic carbocycles. The quantitative estimate of drug-likeness (QED) is 0.723. The minimum absolute atomic E-state index is 0.399. The summed E-state index contributed by atoms with van der Waals surface area (Å²) in [5.41, 5.74) is -0.673. The molecule has 0 saturated carbocycles. The highest BCUT2D eigenvalue weighted by Crippen LogP contribution is 2.34. The van der Waals surface area contributed by atoms with Gasteiger partial charge in [0.2, 0.25) is 0 Å². The lowest BCUT2D eigenvalue weighted by molar-refractivity contribution is -0.266. The van der Waals surface area contributed by atoms with Crippen LogP contribution in [0.5, 0.6) is 0 Å². The van der Waals surface area contributed by atoms with Crippen LogP contribution in [0.15, 0.2) is 5.10 Å². The number of hydrogen-bond donors (Lipinski definition) is 2. The maximum absolute atomic E-state index is 12.4. The molecule has 1 aliphatic heterocycles. The molecule has 0 radical (unpaired) electrons. The van der Waals surface area contributed by atoms with Crippen molar-refractivity contribution in [1.82, 2.24) is 5.43 Å². The summed E-state index contributed by atoms with van der Waals surface area (Å²) in [7, 11) is 0. The van der Waals surface area contributed by atoms with Gasteiger partial charge in [-0.05, 0) is 12.8 Å². The Morgan fingerprint density at radius 3 is 2.56 bits per heavy atom. The van der Waals surface area contributed by atoms with Crippen molar-refractivity contribution in [3.8, 4) is 0 Å². The van der Waals surface area contributed by atoms with Crippen LogP contribution >= 0.6 is 0 Å². The Balaban J connectivity index is 2.34. The van der Waals surface area contributed by atoms with Crippen LogP contribution in [0, 0.1) is 0 Å². The third kappa shape index (κ3) is 3.10. The van der Waals surface area contributed by atoms with Gasteiger partial charge in [0.1, 0.15) is 0 Å². The average molecular weight is 238 g/mol. The zero-order valence-corrected chi connectivity index (χ0v) is 9.27. The Bertz CT molecular complexity index is 265. The normalized spacial score (nSPS) is 25.4. The van der Waals surface area contributed by atoms with E-state index in [1.165, 1.54) is 0 Å². The van der Waals surface area contributed by atoms with E-state index in [0.717, 1.165) is 25.7 Å². The van der Waals surface area contributed by atoms with Gasteiger partial charge in [0.05, 0.1) is 0 Å². The fraction of sp³-hybridized carbons (Fsp3) is 0.900. The van der Waals surface area contributed by atoms with Crippen molar-refractivity contribution in [3.05, 3.63) is 0 Å². The van der Waals surface area contributed by atoms with E-state index in [9.17, 15) is 18.3 Å². The smallest absolute Gasteiger partial charge is 0.362 e. The Labute approximate surface area is 92.7 Å². The highest BCUT2D eigenvalue weighted by molar-refractivity contribution is 5.86. The first-order valence-corrected chi connectivity index (χ1v) is 5.51. The second-order valence-electron chi connectivity index (χ2n) is 4.14. The summed E-state index contributed by atoms with van der Waals surface area (Å²) in [5.74, 6) is 0. The molecular formula is C10H17F3N2O. The molecule has 1 rings (SSSR count). The van der Waals surface area contributed by atoms with Gasteiger partial charge in [-0.15, -0.1) is 0 Å². The number of unbranched alkanes of at least 4 members (excludes halogenated alkanes) is 3. The predicted octanol–water partition coefficient (Wildman–Crippen LogP) is 2.56. The molecule has 1 atom stereocenters. The van der Waals surface area contributed by atoms with E-state index < -0.39 is 18.3 Å². The number of rotatable bonds is 5. The summed E-state index contributed by atoms with van der Waals surface area (Å²) >= 11 is 0. The number of hydrogen-bond acceptors (Lipinski definition) is 3. The van der Waals surface area contributed by atoms with Crippen LogP contribution in [0.25, 0.3) is 0 Å². The van der Waals surface area contributed by atoms with Crippen LogP contribution in [0.1, 0.15) is 45.4 Å². The van der Waals surface area contributed by atoms with Crippen molar-refractivity contribution in [2.24, 2.45) is 5.10 Å². The van der Waals surface area contributed by atoms with Gasteiger partial charge in [0.25, 0.3) is 5.72 Å². The summed E-state index contributed by atoms with van der Waals surface area (Å²) < 4.78 is 37.1. The van der Waals surface area contributed by atoms with Crippen molar-refractivity contribution in [3.63, 3.8) is 0 Å². The molecule has 0 saturated heterocycles. The molecule has 1 unspecified atom stereocenters. The minimum atomic E-state index is -4.68. The third-order valence-electron chi connectivity index (χ3n) is 2.65. The zero-order valence-electron chi connectivity index (χ0n) is 9.27. The van der Waals surface area contributed by atoms with E-state index in [-0.39, 0.29) is 0 Å². The number of halogens is 3. The van der Waals surface area contributed by atoms with E-state index >= 15 is 0 Å². The van der Waals surface area contributed by atoms with E-state index in [1.54, 1.807) is 5.43 Å². The standard InChI is InChI=1S/C10H17F3N2O/c1-2-3-4-5-6-8-7-9(16,15-14-8)10(11,12)13/h15-16H,2-7H2,1H3. The lowest BCUT2D eigenvalue weighted by Crippen LogP contribution is -2.52.